The van der Waals surface area contributed by atoms with Gasteiger partial charge in [0, 0.05) is 18.3 Å². The third-order valence-corrected chi connectivity index (χ3v) is 3.33. The summed E-state index contributed by atoms with van der Waals surface area (Å²) in [5, 5.41) is 3.04. The van der Waals surface area contributed by atoms with Gasteiger partial charge in [-0.05, 0) is 55.3 Å². The molecule has 0 aliphatic heterocycles. The minimum atomic E-state index is -0.0120. The van der Waals surface area contributed by atoms with E-state index in [9.17, 15) is 4.79 Å². The van der Waals surface area contributed by atoms with Crippen molar-refractivity contribution in [2.75, 3.05) is 19.5 Å². The van der Waals surface area contributed by atoms with E-state index >= 15 is 0 Å². The molecule has 0 amide bonds. The molecule has 0 saturated heterocycles. The SMILES string of the molecule is CNc1ccc(C(=O)c2c(C)cc(C)cc2OC)cc1. The summed E-state index contributed by atoms with van der Waals surface area (Å²) in [5.41, 5.74) is 4.30. The summed E-state index contributed by atoms with van der Waals surface area (Å²) in [6.45, 7) is 3.93. The van der Waals surface area contributed by atoms with Gasteiger partial charge in [-0.2, -0.15) is 0 Å². The molecule has 0 spiro atoms. The lowest BCUT2D eigenvalue weighted by atomic mass is 9.96. The normalized spacial score (nSPS) is 10.2. The van der Waals surface area contributed by atoms with Crippen LogP contribution in [-0.2, 0) is 0 Å². The highest BCUT2D eigenvalue weighted by Crippen LogP contribution is 2.27. The van der Waals surface area contributed by atoms with Crippen LogP contribution in [0.1, 0.15) is 27.0 Å². The molecule has 0 aromatic heterocycles. The number of hydrogen-bond donors (Lipinski definition) is 1. The quantitative estimate of drug-likeness (QED) is 0.862. The molecule has 0 bridgehead atoms. The highest BCUT2D eigenvalue weighted by Gasteiger charge is 2.17. The van der Waals surface area contributed by atoms with Gasteiger partial charge < -0.3 is 10.1 Å². The Bertz CT molecular complexity index is 630. The summed E-state index contributed by atoms with van der Waals surface area (Å²) in [7, 11) is 3.44. The van der Waals surface area contributed by atoms with E-state index in [0.29, 0.717) is 16.9 Å². The van der Waals surface area contributed by atoms with Gasteiger partial charge in [-0.1, -0.05) is 6.07 Å². The smallest absolute Gasteiger partial charge is 0.197 e. The lowest BCUT2D eigenvalue weighted by Crippen LogP contribution is -2.07. The summed E-state index contributed by atoms with van der Waals surface area (Å²) in [6, 6.07) is 11.3. The number of ether oxygens (including phenoxy) is 1. The molecule has 0 fully saturated rings. The van der Waals surface area contributed by atoms with E-state index in [1.165, 1.54) is 0 Å². The first-order chi connectivity index (χ1) is 9.56. The molecule has 1 N–H and O–H groups in total. The van der Waals surface area contributed by atoms with E-state index in [1.807, 2.05) is 57.3 Å². The Morgan fingerprint density at radius 2 is 1.75 bits per heavy atom. The van der Waals surface area contributed by atoms with E-state index in [1.54, 1.807) is 7.11 Å². The van der Waals surface area contributed by atoms with Crippen LogP contribution in [0.15, 0.2) is 36.4 Å². The zero-order valence-electron chi connectivity index (χ0n) is 12.3. The summed E-state index contributed by atoms with van der Waals surface area (Å²) in [6.07, 6.45) is 0. The fourth-order valence-electron chi connectivity index (χ4n) is 2.31. The molecular weight excluding hydrogens is 250 g/mol. The van der Waals surface area contributed by atoms with Crippen molar-refractivity contribution in [1.82, 2.24) is 0 Å². The molecule has 0 atom stereocenters. The summed E-state index contributed by atoms with van der Waals surface area (Å²) in [4.78, 5) is 12.7. The Kier molecular flexibility index (Phi) is 4.08. The van der Waals surface area contributed by atoms with E-state index in [4.69, 9.17) is 4.74 Å². The fourth-order valence-corrected chi connectivity index (χ4v) is 2.31. The first kappa shape index (κ1) is 14.1. The van der Waals surface area contributed by atoms with Crippen LogP contribution in [0.25, 0.3) is 0 Å². The Morgan fingerprint density at radius 1 is 1.10 bits per heavy atom. The molecule has 20 heavy (non-hydrogen) atoms. The maximum atomic E-state index is 12.7. The van der Waals surface area contributed by atoms with Gasteiger partial charge >= 0.3 is 0 Å². The molecular formula is C17H19NO2. The molecule has 2 rings (SSSR count). The standard InChI is InChI=1S/C17H19NO2/c1-11-9-12(2)16(15(10-11)20-4)17(19)13-5-7-14(18-3)8-6-13/h5-10,18H,1-4H3. The predicted molar refractivity (Wildman–Crippen MR) is 81.9 cm³/mol. The average Bonchev–Trinajstić information content (AvgIpc) is 2.46. The van der Waals surface area contributed by atoms with E-state index in [-0.39, 0.29) is 5.78 Å². The van der Waals surface area contributed by atoms with Crippen molar-refractivity contribution in [2.45, 2.75) is 13.8 Å². The number of carbonyl (C=O) groups excluding carboxylic acids is 1. The highest BCUT2D eigenvalue weighted by molar-refractivity contribution is 6.11. The molecule has 3 heteroatoms. The molecule has 0 saturated carbocycles. The van der Waals surface area contributed by atoms with E-state index < -0.39 is 0 Å². The number of methoxy groups -OCH3 is 1. The van der Waals surface area contributed by atoms with Gasteiger partial charge in [-0.3, -0.25) is 4.79 Å². The van der Waals surface area contributed by atoms with Crippen molar-refractivity contribution < 1.29 is 9.53 Å². The number of rotatable bonds is 4. The number of benzene rings is 2. The number of carbonyl (C=O) groups is 1. The van der Waals surface area contributed by atoms with Gasteiger partial charge in [-0.15, -0.1) is 0 Å². The van der Waals surface area contributed by atoms with Crippen LogP contribution in [0.4, 0.5) is 5.69 Å². The third kappa shape index (κ3) is 2.67. The molecule has 3 nitrogen and oxygen atoms in total. The number of nitrogens with one attached hydrogen (secondary N) is 1. The second-order valence-corrected chi connectivity index (χ2v) is 4.82. The number of aryl methyl sites for hydroxylation is 2. The zero-order chi connectivity index (χ0) is 14.7. The Hall–Kier alpha value is -2.29. The number of ketones is 1. The lowest BCUT2D eigenvalue weighted by Gasteiger charge is -2.12. The predicted octanol–water partition coefficient (Wildman–Crippen LogP) is 3.58. The molecule has 104 valence electrons. The van der Waals surface area contributed by atoms with Crippen molar-refractivity contribution in [2.24, 2.45) is 0 Å². The molecule has 2 aromatic carbocycles. The van der Waals surface area contributed by atoms with Gasteiger partial charge in [0.1, 0.15) is 5.75 Å². The van der Waals surface area contributed by atoms with E-state index in [0.717, 1.165) is 16.8 Å². The largest absolute Gasteiger partial charge is 0.496 e. The van der Waals surface area contributed by atoms with Gasteiger partial charge in [-0.25, -0.2) is 0 Å². The fraction of sp³-hybridized carbons (Fsp3) is 0.235. The first-order valence-corrected chi connectivity index (χ1v) is 6.54. The van der Waals surface area contributed by atoms with Crippen LogP contribution in [0, 0.1) is 13.8 Å². The molecule has 0 unspecified atom stereocenters. The van der Waals surface area contributed by atoms with E-state index in [2.05, 4.69) is 5.32 Å². The molecule has 0 heterocycles. The van der Waals surface area contributed by atoms with Crippen LogP contribution >= 0.6 is 0 Å². The number of hydrogen-bond acceptors (Lipinski definition) is 3. The summed E-state index contributed by atoms with van der Waals surface area (Å²) in [5.74, 6) is 0.618. The molecule has 0 radical (unpaired) electrons. The maximum Gasteiger partial charge on any atom is 0.197 e. The Morgan fingerprint density at radius 3 is 2.30 bits per heavy atom. The summed E-state index contributed by atoms with van der Waals surface area (Å²) >= 11 is 0. The molecule has 2 aromatic rings. The third-order valence-electron chi connectivity index (χ3n) is 3.33. The Labute approximate surface area is 119 Å². The molecule has 0 aliphatic rings. The maximum absolute atomic E-state index is 12.7. The average molecular weight is 269 g/mol. The van der Waals surface area contributed by atoms with Crippen LogP contribution < -0.4 is 10.1 Å². The Balaban J connectivity index is 2.47. The first-order valence-electron chi connectivity index (χ1n) is 6.54. The van der Waals surface area contributed by atoms with Crippen molar-refractivity contribution >= 4 is 11.5 Å². The van der Waals surface area contributed by atoms with Crippen molar-refractivity contribution in [3.05, 3.63) is 58.7 Å². The number of anilines is 1. The lowest BCUT2D eigenvalue weighted by molar-refractivity contribution is 0.103. The van der Waals surface area contributed by atoms with Crippen LogP contribution in [0.3, 0.4) is 0 Å². The van der Waals surface area contributed by atoms with Crippen molar-refractivity contribution in [1.29, 1.82) is 0 Å². The zero-order valence-corrected chi connectivity index (χ0v) is 12.3. The summed E-state index contributed by atoms with van der Waals surface area (Å²) < 4.78 is 5.36. The van der Waals surface area contributed by atoms with Gasteiger partial charge in [0.2, 0.25) is 0 Å². The second kappa shape index (κ2) is 5.78. The topological polar surface area (TPSA) is 38.3 Å². The van der Waals surface area contributed by atoms with Gasteiger partial charge in [0.25, 0.3) is 0 Å². The van der Waals surface area contributed by atoms with Crippen LogP contribution in [0.2, 0.25) is 0 Å². The molecule has 0 aliphatic carbocycles. The monoisotopic (exact) mass is 269 g/mol. The minimum Gasteiger partial charge on any atom is -0.496 e. The highest BCUT2D eigenvalue weighted by atomic mass is 16.5. The van der Waals surface area contributed by atoms with Crippen molar-refractivity contribution in [3.63, 3.8) is 0 Å². The van der Waals surface area contributed by atoms with Gasteiger partial charge in [0.05, 0.1) is 12.7 Å². The van der Waals surface area contributed by atoms with Crippen LogP contribution in [-0.4, -0.2) is 19.9 Å². The minimum absolute atomic E-state index is 0.0120. The second-order valence-electron chi connectivity index (χ2n) is 4.82. The van der Waals surface area contributed by atoms with Gasteiger partial charge in [0.15, 0.2) is 5.78 Å². The van der Waals surface area contributed by atoms with Crippen LogP contribution in [0.5, 0.6) is 5.75 Å². The van der Waals surface area contributed by atoms with Crippen molar-refractivity contribution in [3.8, 4) is 5.75 Å².